The highest BCUT2D eigenvalue weighted by atomic mass is 16.6. The van der Waals surface area contributed by atoms with Gasteiger partial charge in [0.05, 0.1) is 10.6 Å². The lowest BCUT2D eigenvalue weighted by Crippen LogP contribution is -2.43. The van der Waals surface area contributed by atoms with E-state index >= 15 is 0 Å². The summed E-state index contributed by atoms with van der Waals surface area (Å²) in [6.07, 6.45) is 1.18. The highest BCUT2D eigenvalue weighted by molar-refractivity contribution is 6.02. The lowest BCUT2D eigenvalue weighted by atomic mass is 10.1. The number of rotatable bonds is 4. The van der Waals surface area contributed by atoms with Gasteiger partial charge in [0.15, 0.2) is 6.61 Å². The second-order valence-corrected chi connectivity index (χ2v) is 7.45. The van der Waals surface area contributed by atoms with Crippen molar-refractivity contribution in [2.45, 2.75) is 25.8 Å². The van der Waals surface area contributed by atoms with Crippen molar-refractivity contribution in [3.05, 3.63) is 57.6 Å². The van der Waals surface area contributed by atoms with E-state index in [-0.39, 0.29) is 30.0 Å². The maximum Gasteiger partial charge on any atom is 0.272 e. The third kappa shape index (κ3) is 4.04. The maximum absolute atomic E-state index is 13.0. The summed E-state index contributed by atoms with van der Waals surface area (Å²) in [5, 5.41) is 16.5. The fourth-order valence-corrected chi connectivity index (χ4v) is 3.83. The molecule has 10 nitrogen and oxygen atoms in total. The first-order chi connectivity index (χ1) is 14.8. The Kier molecular flexibility index (Phi) is 5.28. The van der Waals surface area contributed by atoms with E-state index in [0.717, 1.165) is 0 Å². The van der Waals surface area contributed by atoms with Crippen molar-refractivity contribution >= 4 is 34.8 Å². The van der Waals surface area contributed by atoms with Crippen molar-refractivity contribution < 1.29 is 24.0 Å². The van der Waals surface area contributed by atoms with Gasteiger partial charge in [0.1, 0.15) is 11.8 Å². The third-order valence-electron chi connectivity index (χ3n) is 5.34. The molecule has 0 bridgehead atoms. The van der Waals surface area contributed by atoms with Crippen LogP contribution in [0.5, 0.6) is 5.75 Å². The molecule has 4 rings (SSSR count). The van der Waals surface area contributed by atoms with Gasteiger partial charge in [0, 0.05) is 29.4 Å². The molecular weight excluding hydrogens is 404 g/mol. The topological polar surface area (TPSA) is 131 Å². The van der Waals surface area contributed by atoms with Crippen molar-refractivity contribution in [3.8, 4) is 5.75 Å². The number of ether oxygens (including phenoxy) is 1. The minimum Gasteiger partial charge on any atom is -0.482 e. The fourth-order valence-electron chi connectivity index (χ4n) is 3.83. The summed E-state index contributed by atoms with van der Waals surface area (Å²) < 4.78 is 5.31. The molecule has 2 aliphatic rings. The number of hydrogen-bond acceptors (Lipinski definition) is 6. The second kappa shape index (κ2) is 8.05. The Bertz CT molecular complexity index is 1100. The van der Waals surface area contributed by atoms with Gasteiger partial charge in [0.25, 0.3) is 17.5 Å². The number of likely N-dealkylation sites (tertiary alicyclic amines) is 1. The zero-order chi connectivity index (χ0) is 22.1. The number of nitro benzene ring substituents is 1. The molecule has 0 aromatic heterocycles. The molecule has 0 aliphatic carbocycles. The number of carbonyl (C=O) groups excluding carboxylic acids is 3. The minimum absolute atomic E-state index is 0.0556. The molecular formula is C21H20N4O6. The monoisotopic (exact) mass is 424 g/mol. The number of aryl methyl sites for hydroxylation is 1. The van der Waals surface area contributed by atoms with Crippen LogP contribution in [0.3, 0.4) is 0 Å². The molecule has 2 heterocycles. The predicted octanol–water partition coefficient (Wildman–Crippen LogP) is 2.48. The SMILES string of the molecule is Cc1cc(C(=O)N2CCCC2C(=O)Nc2ccc3c(c2)NC(=O)CO3)ccc1[N+](=O)[O-]. The minimum atomic E-state index is -0.662. The molecule has 1 fully saturated rings. The van der Waals surface area contributed by atoms with E-state index in [0.29, 0.717) is 47.6 Å². The van der Waals surface area contributed by atoms with E-state index in [9.17, 15) is 24.5 Å². The highest BCUT2D eigenvalue weighted by Gasteiger charge is 2.35. The van der Waals surface area contributed by atoms with Crippen LogP contribution in [0.25, 0.3) is 0 Å². The van der Waals surface area contributed by atoms with Gasteiger partial charge in [-0.25, -0.2) is 0 Å². The quantitative estimate of drug-likeness (QED) is 0.573. The number of amides is 3. The molecule has 0 saturated carbocycles. The Morgan fingerprint density at radius 1 is 1.26 bits per heavy atom. The summed E-state index contributed by atoms with van der Waals surface area (Å²) in [5.74, 6) is -0.444. The number of fused-ring (bicyclic) bond motifs is 1. The summed E-state index contributed by atoms with van der Waals surface area (Å²) in [5.41, 5.74) is 1.57. The van der Waals surface area contributed by atoms with Gasteiger partial charge in [-0.1, -0.05) is 0 Å². The van der Waals surface area contributed by atoms with E-state index in [4.69, 9.17) is 4.74 Å². The van der Waals surface area contributed by atoms with Crippen molar-refractivity contribution in [1.29, 1.82) is 0 Å². The number of nitrogens with zero attached hydrogens (tertiary/aromatic N) is 2. The van der Waals surface area contributed by atoms with Crippen LogP contribution in [0.4, 0.5) is 17.1 Å². The molecule has 0 spiro atoms. The van der Waals surface area contributed by atoms with Crippen LogP contribution < -0.4 is 15.4 Å². The van der Waals surface area contributed by atoms with Crippen molar-refractivity contribution in [2.24, 2.45) is 0 Å². The molecule has 1 unspecified atom stereocenters. The van der Waals surface area contributed by atoms with Gasteiger partial charge >= 0.3 is 0 Å². The molecule has 2 aliphatic heterocycles. The van der Waals surface area contributed by atoms with Crippen molar-refractivity contribution in [3.63, 3.8) is 0 Å². The average Bonchev–Trinajstić information content (AvgIpc) is 3.22. The van der Waals surface area contributed by atoms with E-state index in [1.807, 2.05) is 0 Å². The van der Waals surface area contributed by atoms with E-state index < -0.39 is 11.0 Å². The Morgan fingerprint density at radius 3 is 2.81 bits per heavy atom. The number of nitrogens with one attached hydrogen (secondary N) is 2. The molecule has 3 amide bonds. The van der Waals surface area contributed by atoms with Crippen LogP contribution in [0.1, 0.15) is 28.8 Å². The van der Waals surface area contributed by atoms with E-state index in [1.165, 1.54) is 23.1 Å². The summed E-state index contributed by atoms with van der Waals surface area (Å²) >= 11 is 0. The number of benzene rings is 2. The summed E-state index contributed by atoms with van der Waals surface area (Å²) in [6.45, 7) is 1.93. The first kappa shape index (κ1) is 20.3. The Labute approximate surface area is 177 Å². The fraction of sp³-hybridized carbons (Fsp3) is 0.286. The van der Waals surface area contributed by atoms with Gasteiger partial charge in [-0.15, -0.1) is 0 Å². The Morgan fingerprint density at radius 2 is 2.06 bits per heavy atom. The van der Waals surface area contributed by atoms with Crippen LogP contribution >= 0.6 is 0 Å². The predicted molar refractivity (Wildman–Crippen MR) is 111 cm³/mol. The summed E-state index contributed by atoms with van der Waals surface area (Å²) in [7, 11) is 0. The Hall–Kier alpha value is -3.95. The third-order valence-corrected chi connectivity index (χ3v) is 5.34. The highest BCUT2D eigenvalue weighted by Crippen LogP contribution is 2.31. The molecule has 31 heavy (non-hydrogen) atoms. The van der Waals surface area contributed by atoms with Crippen molar-refractivity contribution in [1.82, 2.24) is 4.90 Å². The van der Waals surface area contributed by atoms with Gasteiger partial charge in [-0.2, -0.15) is 0 Å². The van der Waals surface area contributed by atoms with E-state index in [1.54, 1.807) is 25.1 Å². The molecule has 2 N–H and O–H groups in total. The molecule has 0 radical (unpaired) electrons. The molecule has 1 atom stereocenters. The molecule has 2 aromatic rings. The lowest BCUT2D eigenvalue weighted by Gasteiger charge is -2.24. The first-order valence-corrected chi connectivity index (χ1v) is 9.77. The number of anilines is 2. The number of carbonyl (C=O) groups is 3. The number of nitro groups is 1. The summed E-state index contributed by atoms with van der Waals surface area (Å²) in [4.78, 5) is 49.4. The van der Waals surface area contributed by atoms with Gasteiger partial charge in [-0.05, 0) is 50.1 Å². The molecule has 1 saturated heterocycles. The zero-order valence-electron chi connectivity index (χ0n) is 16.7. The van der Waals surface area contributed by atoms with Crippen LogP contribution in [0.15, 0.2) is 36.4 Å². The second-order valence-electron chi connectivity index (χ2n) is 7.45. The standard InChI is InChI=1S/C21H20N4O6/c1-12-9-13(4-6-16(12)25(29)30)21(28)24-8-2-3-17(24)20(27)22-14-5-7-18-15(10-14)23-19(26)11-31-18/h4-7,9-10,17H,2-3,8,11H2,1H3,(H,22,27)(H,23,26). The van der Waals surface area contributed by atoms with Crippen LogP contribution in [0, 0.1) is 17.0 Å². The van der Waals surface area contributed by atoms with Gasteiger partial charge in [0.2, 0.25) is 5.91 Å². The smallest absolute Gasteiger partial charge is 0.272 e. The normalized spacial score (nSPS) is 17.4. The largest absolute Gasteiger partial charge is 0.482 e. The van der Waals surface area contributed by atoms with Crippen LogP contribution in [-0.2, 0) is 9.59 Å². The number of hydrogen-bond donors (Lipinski definition) is 2. The van der Waals surface area contributed by atoms with Crippen LogP contribution in [-0.4, -0.2) is 46.7 Å². The zero-order valence-corrected chi connectivity index (χ0v) is 16.7. The lowest BCUT2D eigenvalue weighted by molar-refractivity contribution is -0.385. The maximum atomic E-state index is 13.0. The van der Waals surface area contributed by atoms with Gasteiger partial charge < -0.3 is 20.3 Å². The average molecular weight is 424 g/mol. The summed E-state index contributed by atoms with van der Waals surface area (Å²) in [6, 6.07) is 8.44. The Balaban J connectivity index is 1.49. The van der Waals surface area contributed by atoms with Gasteiger partial charge in [-0.3, -0.25) is 24.5 Å². The van der Waals surface area contributed by atoms with Crippen molar-refractivity contribution in [2.75, 3.05) is 23.8 Å². The van der Waals surface area contributed by atoms with E-state index in [2.05, 4.69) is 10.6 Å². The molecule has 10 heteroatoms. The first-order valence-electron chi connectivity index (χ1n) is 9.77. The molecule has 160 valence electrons. The van der Waals surface area contributed by atoms with Crippen LogP contribution in [0.2, 0.25) is 0 Å². The molecule has 2 aromatic carbocycles.